The van der Waals surface area contributed by atoms with Crippen LogP contribution in [0, 0.1) is 34.5 Å². The van der Waals surface area contributed by atoms with E-state index in [2.05, 4.69) is 34.6 Å². The molecule has 0 aliphatic heterocycles. The number of hydrogen-bond acceptors (Lipinski definition) is 2. The van der Waals surface area contributed by atoms with Crippen LogP contribution in [-0.4, -0.2) is 17.5 Å². The SMILES string of the molecule is CC(C)(C)O[C@@H]1CC[C@@]2(C)[C@@H](CC[C@H]3[C@H]2CC[C@]2(C)C(=O)CC[C@H]32)C1. The molecule has 4 aliphatic rings. The zero-order chi connectivity index (χ0) is 18.0. The lowest BCUT2D eigenvalue weighted by Gasteiger charge is -2.60. The largest absolute Gasteiger partial charge is 0.373 e. The molecule has 0 N–H and O–H groups in total. The first-order valence-corrected chi connectivity index (χ1v) is 10.8. The minimum atomic E-state index is -0.0214. The predicted molar refractivity (Wildman–Crippen MR) is 101 cm³/mol. The summed E-state index contributed by atoms with van der Waals surface area (Å²) in [7, 11) is 0. The Labute approximate surface area is 154 Å². The molecule has 4 aliphatic carbocycles. The highest BCUT2D eigenvalue weighted by Gasteiger charge is 2.60. The van der Waals surface area contributed by atoms with Gasteiger partial charge in [0.1, 0.15) is 5.78 Å². The van der Waals surface area contributed by atoms with Gasteiger partial charge in [0.25, 0.3) is 0 Å². The number of carbonyl (C=O) groups is 1. The summed E-state index contributed by atoms with van der Waals surface area (Å²) in [6, 6.07) is 0. The summed E-state index contributed by atoms with van der Waals surface area (Å²) in [5, 5.41) is 0. The highest BCUT2D eigenvalue weighted by atomic mass is 16.5. The summed E-state index contributed by atoms with van der Waals surface area (Å²) >= 11 is 0. The fourth-order valence-corrected chi connectivity index (χ4v) is 7.60. The molecule has 7 atom stereocenters. The third-order valence-electron chi connectivity index (χ3n) is 8.85. The monoisotopic (exact) mass is 346 g/mol. The molecule has 0 amide bonds. The first-order valence-electron chi connectivity index (χ1n) is 10.8. The van der Waals surface area contributed by atoms with Gasteiger partial charge < -0.3 is 4.74 Å². The van der Waals surface area contributed by atoms with Gasteiger partial charge in [0.15, 0.2) is 0 Å². The third-order valence-corrected chi connectivity index (χ3v) is 8.85. The van der Waals surface area contributed by atoms with Gasteiger partial charge in [-0.25, -0.2) is 0 Å². The topological polar surface area (TPSA) is 26.3 Å². The van der Waals surface area contributed by atoms with E-state index in [1.807, 2.05) is 0 Å². The second-order valence-corrected chi connectivity index (χ2v) is 11.2. The van der Waals surface area contributed by atoms with E-state index in [0.29, 0.717) is 23.2 Å². The van der Waals surface area contributed by atoms with Crippen LogP contribution in [-0.2, 0) is 9.53 Å². The molecule has 2 nitrogen and oxygen atoms in total. The van der Waals surface area contributed by atoms with Crippen molar-refractivity contribution in [3.8, 4) is 0 Å². The minimum absolute atomic E-state index is 0.0214. The van der Waals surface area contributed by atoms with E-state index in [0.717, 1.165) is 30.6 Å². The van der Waals surface area contributed by atoms with Crippen LogP contribution >= 0.6 is 0 Å². The molecule has 4 rings (SSSR count). The molecule has 0 radical (unpaired) electrons. The van der Waals surface area contributed by atoms with Crippen molar-refractivity contribution in [3.05, 3.63) is 0 Å². The standard InChI is InChI=1S/C23H38O2/c1-21(2,3)25-16-10-12-22(4)15(14-16)6-7-17-18-8-9-20(24)23(18,5)13-11-19(17)22/h15-19H,6-14H2,1-5H3/t15-,16+,17+,18+,19+,22-,23-/m0/s1. The smallest absolute Gasteiger partial charge is 0.139 e. The number of carbonyl (C=O) groups excluding carboxylic acids is 1. The Kier molecular flexibility index (Phi) is 4.19. The Hall–Kier alpha value is -0.370. The van der Waals surface area contributed by atoms with Gasteiger partial charge in [0.05, 0.1) is 11.7 Å². The van der Waals surface area contributed by atoms with E-state index in [1.165, 1.54) is 44.9 Å². The van der Waals surface area contributed by atoms with Gasteiger partial charge in [0, 0.05) is 11.8 Å². The Morgan fingerprint density at radius 3 is 2.44 bits per heavy atom. The van der Waals surface area contributed by atoms with Crippen molar-refractivity contribution in [2.45, 2.75) is 104 Å². The molecule has 0 bridgehead atoms. The zero-order valence-electron chi connectivity index (χ0n) is 17.1. The lowest BCUT2D eigenvalue weighted by molar-refractivity contribution is -0.155. The van der Waals surface area contributed by atoms with Crippen molar-refractivity contribution in [1.82, 2.24) is 0 Å². The molecular formula is C23H38O2. The summed E-state index contributed by atoms with van der Waals surface area (Å²) < 4.78 is 6.36. The molecule has 25 heavy (non-hydrogen) atoms. The number of Topliss-reactive ketones (excluding diaryl/α,β-unsaturated/α-hetero) is 1. The molecule has 0 saturated heterocycles. The molecule has 4 fully saturated rings. The summed E-state index contributed by atoms with van der Waals surface area (Å²) in [4.78, 5) is 12.5. The quantitative estimate of drug-likeness (QED) is 0.601. The summed E-state index contributed by atoms with van der Waals surface area (Å²) in [5.74, 6) is 3.75. The lowest BCUT2D eigenvalue weighted by atomic mass is 9.45. The highest BCUT2D eigenvalue weighted by Crippen LogP contribution is 2.65. The van der Waals surface area contributed by atoms with Gasteiger partial charge in [-0.05, 0) is 101 Å². The van der Waals surface area contributed by atoms with Crippen LogP contribution in [0.3, 0.4) is 0 Å². The molecule has 4 saturated carbocycles. The molecular weight excluding hydrogens is 308 g/mol. The predicted octanol–water partition coefficient (Wildman–Crippen LogP) is 5.78. The molecule has 0 aromatic carbocycles. The maximum Gasteiger partial charge on any atom is 0.139 e. The van der Waals surface area contributed by atoms with Gasteiger partial charge in [0.2, 0.25) is 0 Å². The van der Waals surface area contributed by atoms with Gasteiger partial charge in [-0.15, -0.1) is 0 Å². The van der Waals surface area contributed by atoms with Crippen LogP contribution in [0.25, 0.3) is 0 Å². The van der Waals surface area contributed by atoms with E-state index in [-0.39, 0.29) is 11.0 Å². The van der Waals surface area contributed by atoms with Crippen LogP contribution in [0.1, 0.15) is 92.4 Å². The Bertz CT molecular complexity index is 547. The number of fused-ring (bicyclic) bond motifs is 5. The molecule has 142 valence electrons. The van der Waals surface area contributed by atoms with E-state index < -0.39 is 0 Å². The van der Waals surface area contributed by atoms with Crippen LogP contribution in [0.2, 0.25) is 0 Å². The highest BCUT2D eigenvalue weighted by molar-refractivity contribution is 5.87. The van der Waals surface area contributed by atoms with Gasteiger partial charge in [-0.2, -0.15) is 0 Å². The fourth-order valence-electron chi connectivity index (χ4n) is 7.60. The van der Waals surface area contributed by atoms with Crippen molar-refractivity contribution in [2.24, 2.45) is 34.5 Å². The second-order valence-electron chi connectivity index (χ2n) is 11.2. The summed E-state index contributed by atoms with van der Waals surface area (Å²) in [6.07, 6.45) is 11.5. The fraction of sp³-hybridized carbons (Fsp3) is 0.957. The summed E-state index contributed by atoms with van der Waals surface area (Å²) in [6.45, 7) is 11.5. The van der Waals surface area contributed by atoms with Crippen LogP contribution in [0.15, 0.2) is 0 Å². The zero-order valence-corrected chi connectivity index (χ0v) is 17.1. The van der Waals surface area contributed by atoms with Crippen molar-refractivity contribution >= 4 is 5.78 Å². The minimum Gasteiger partial charge on any atom is -0.373 e. The van der Waals surface area contributed by atoms with Gasteiger partial charge in [-0.1, -0.05) is 13.8 Å². The maximum atomic E-state index is 12.5. The first-order chi connectivity index (χ1) is 11.6. The molecule has 0 aromatic heterocycles. The maximum absolute atomic E-state index is 12.5. The van der Waals surface area contributed by atoms with E-state index >= 15 is 0 Å². The van der Waals surface area contributed by atoms with Crippen molar-refractivity contribution in [1.29, 1.82) is 0 Å². The van der Waals surface area contributed by atoms with Crippen LogP contribution in [0.4, 0.5) is 0 Å². The van der Waals surface area contributed by atoms with Gasteiger partial charge in [-0.3, -0.25) is 4.79 Å². The molecule has 0 spiro atoms. The Balaban J connectivity index is 1.52. The number of ketones is 1. The normalized spacial score (nSPS) is 50.1. The van der Waals surface area contributed by atoms with Crippen molar-refractivity contribution < 1.29 is 9.53 Å². The molecule has 0 heterocycles. The lowest BCUT2D eigenvalue weighted by Crippen LogP contribution is -2.54. The van der Waals surface area contributed by atoms with Crippen molar-refractivity contribution in [2.75, 3.05) is 0 Å². The summed E-state index contributed by atoms with van der Waals surface area (Å²) in [5.41, 5.74) is 0.497. The first kappa shape index (κ1) is 18.0. The third kappa shape index (κ3) is 2.82. The van der Waals surface area contributed by atoms with E-state index in [9.17, 15) is 4.79 Å². The van der Waals surface area contributed by atoms with Crippen LogP contribution < -0.4 is 0 Å². The number of hydrogen-bond donors (Lipinski definition) is 0. The van der Waals surface area contributed by atoms with Crippen LogP contribution in [0.5, 0.6) is 0 Å². The average Bonchev–Trinajstić information content (AvgIpc) is 2.82. The van der Waals surface area contributed by atoms with E-state index in [1.54, 1.807) is 0 Å². The van der Waals surface area contributed by atoms with Gasteiger partial charge >= 0.3 is 0 Å². The number of rotatable bonds is 1. The molecule has 0 unspecified atom stereocenters. The van der Waals surface area contributed by atoms with E-state index in [4.69, 9.17) is 4.74 Å². The second kappa shape index (κ2) is 5.81. The number of ether oxygens (including phenoxy) is 1. The Morgan fingerprint density at radius 2 is 1.72 bits per heavy atom. The Morgan fingerprint density at radius 1 is 0.960 bits per heavy atom. The average molecular weight is 347 g/mol. The molecule has 2 heteroatoms. The van der Waals surface area contributed by atoms with Crippen molar-refractivity contribution in [3.63, 3.8) is 0 Å². The molecule has 0 aromatic rings.